The molecule has 1 rings (SSSR count). The molecule has 0 saturated carbocycles. The van der Waals surface area contributed by atoms with E-state index in [-0.39, 0.29) is 5.91 Å². The molecule has 16 heavy (non-hydrogen) atoms. The van der Waals surface area contributed by atoms with Crippen molar-refractivity contribution < 1.29 is 9.53 Å². The second-order valence-corrected chi connectivity index (χ2v) is 4.28. The maximum atomic E-state index is 11.5. The van der Waals surface area contributed by atoms with Crippen LogP contribution in [-0.4, -0.2) is 38.8 Å². The summed E-state index contributed by atoms with van der Waals surface area (Å²) in [5, 5.41) is 6.21. The van der Waals surface area contributed by atoms with Gasteiger partial charge in [-0.15, -0.1) is 0 Å². The minimum absolute atomic E-state index is 0.165. The fourth-order valence-electron chi connectivity index (χ4n) is 2.00. The number of hydrogen-bond donors (Lipinski definition) is 2. The molecule has 4 heteroatoms. The molecule has 94 valence electrons. The van der Waals surface area contributed by atoms with Crippen LogP contribution in [0.15, 0.2) is 0 Å². The van der Waals surface area contributed by atoms with E-state index in [0.29, 0.717) is 26.2 Å². The monoisotopic (exact) mass is 228 g/mol. The van der Waals surface area contributed by atoms with E-state index >= 15 is 0 Å². The van der Waals surface area contributed by atoms with Crippen molar-refractivity contribution in [2.45, 2.75) is 32.6 Å². The highest BCUT2D eigenvalue weighted by molar-refractivity contribution is 5.75. The first-order valence-electron chi connectivity index (χ1n) is 6.38. The molecule has 1 fully saturated rings. The topological polar surface area (TPSA) is 50.4 Å². The van der Waals surface area contributed by atoms with Gasteiger partial charge in [-0.1, -0.05) is 0 Å². The first-order chi connectivity index (χ1) is 7.83. The Kier molecular flexibility index (Phi) is 7.17. The summed E-state index contributed by atoms with van der Waals surface area (Å²) in [4.78, 5) is 11.5. The first-order valence-corrected chi connectivity index (χ1v) is 6.38. The molecule has 1 heterocycles. The zero-order valence-electron chi connectivity index (χ0n) is 10.3. The van der Waals surface area contributed by atoms with Gasteiger partial charge in [-0.05, 0) is 45.2 Å². The maximum absolute atomic E-state index is 11.5. The lowest BCUT2D eigenvalue weighted by Gasteiger charge is -2.22. The standard InChI is InChI=1S/C12H24N2O2/c1-2-16-10-9-14-12(15)4-3-11-5-7-13-8-6-11/h11,13H,2-10H2,1H3,(H,14,15). The Morgan fingerprint density at radius 3 is 2.88 bits per heavy atom. The molecule has 1 amide bonds. The minimum atomic E-state index is 0.165. The molecule has 0 aliphatic carbocycles. The van der Waals surface area contributed by atoms with Crippen LogP contribution < -0.4 is 10.6 Å². The molecule has 0 aromatic carbocycles. The molecule has 0 aromatic rings. The molecular formula is C12H24N2O2. The number of piperidine rings is 1. The molecule has 0 bridgehead atoms. The van der Waals surface area contributed by atoms with Crippen LogP contribution in [0.4, 0.5) is 0 Å². The fraction of sp³-hybridized carbons (Fsp3) is 0.917. The molecule has 1 aliphatic heterocycles. The van der Waals surface area contributed by atoms with Crippen molar-refractivity contribution in [1.82, 2.24) is 10.6 Å². The van der Waals surface area contributed by atoms with E-state index < -0.39 is 0 Å². The largest absolute Gasteiger partial charge is 0.380 e. The van der Waals surface area contributed by atoms with E-state index in [2.05, 4.69) is 10.6 Å². The second-order valence-electron chi connectivity index (χ2n) is 4.28. The average molecular weight is 228 g/mol. The lowest BCUT2D eigenvalue weighted by Crippen LogP contribution is -2.30. The third-order valence-electron chi connectivity index (χ3n) is 3.01. The normalized spacial score (nSPS) is 17.3. The van der Waals surface area contributed by atoms with Crippen molar-refractivity contribution in [3.8, 4) is 0 Å². The quantitative estimate of drug-likeness (QED) is 0.637. The molecule has 0 spiro atoms. The summed E-state index contributed by atoms with van der Waals surface area (Å²) in [6.45, 7) is 6.14. The van der Waals surface area contributed by atoms with Crippen molar-refractivity contribution in [3.63, 3.8) is 0 Å². The van der Waals surface area contributed by atoms with Gasteiger partial charge in [-0.25, -0.2) is 0 Å². The zero-order valence-corrected chi connectivity index (χ0v) is 10.3. The van der Waals surface area contributed by atoms with Crippen LogP contribution in [0.2, 0.25) is 0 Å². The minimum Gasteiger partial charge on any atom is -0.380 e. The van der Waals surface area contributed by atoms with E-state index in [1.54, 1.807) is 0 Å². The Morgan fingerprint density at radius 2 is 2.19 bits per heavy atom. The average Bonchev–Trinajstić information content (AvgIpc) is 2.33. The second kappa shape index (κ2) is 8.53. The Hall–Kier alpha value is -0.610. The van der Waals surface area contributed by atoms with Crippen LogP contribution >= 0.6 is 0 Å². The highest BCUT2D eigenvalue weighted by atomic mass is 16.5. The van der Waals surface area contributed by atoms with Gasteiger partial charge in [0.15, 0.2) is 0 Å². The Balaban J connectivity index is 1.96. The molecule has 0 atom stereocenters. The van der Waals surface area contributed by atoms with Gasteiger partial charge in [0, 0.05) is 19.6 Å². The molecule has 2 N–H and O–H groups in total. The van der Waals surface area contributed by atoms with Crippen molar-refractivity contribution >= 4 is 5.91 Å². The lowest BCUT2D eigenvalue weighted by molar-refractivity contribution is -0.121. The van der Waals surface area contributed by atoms with Crippen LogP contribution in [0.3, 0.4) is 0 Å². The molecule has 0 aromatic heterocycles. The number of amides is 1. The van der Waals surface area contributed by atoms with Crippen LogP contribution in [0.25, 0.3) is 0 Å². The Bertz CT molecular complexity index is 191. The molecule has 1 aliphatic rings. The maximum Gasteiger partial charge on any atom is 0.220 e. The molecule has 0 radical (unpaired) electrons. The SMILES string of the molecule is CCOCCNC(=O)CCC1CCNCC1. The van der Waals surface area contributed by atoms with Gasteiger partial charge in [0.1, 0.15) is 0 Å². The number of rotatable bonds is 7. The number of carbonyl (C=O) groups is 1. The number of ether oxygens (including phenoxy) is 1. The van der Waals surface area contributed by atoms with E-state index in [1.165, 1.54) is 12.8 Å². The van der Waals surface area contributed by atoms with Gasteiger partial charge in [-0.3, -0.25) is 4.79 Å². The molecule has 1 saturated heterocycles. The number of carbonyl (C=O) groups excluding carboxylic acids is 1. The first kappa shape index (κ1) is 13.5. The summed E-state index contributed by atoms with van der Waals surface area (Å²) < 4.78 is 5.16. The number of nitrogens with one attached hydrogen (secondary N) is 2. The van der Waals surface area contributed by atoms with Crippen LogP contribution in [0.5, 0.6) is 0 Å². The van der Waals surface area contributed by atoms with Gasteiger partial charge in [-0.2, -0.15) is 0 Å². The smallest absolute Gasteiger partial charge is 0.220 e. The van der Waals surface area contributed by atoms with Gasteiger partial charge in [0.05, 0.1) is 6.61 Å². The summed E-state index contributed by atoms with van der Waals surface area (Å²) in [6, 6.07) is 0. The van der Waals surface area contributed by atoms with E-state index in [1.807, 2.05) is 6.92 Å². The lowest BCUT2D eigenvalue weighted by atomic mass is 9.93. The third-order valence-corrected chi connectivity index (χ3v) is 3.01. The van der Waals surface area contributed by atoms with Crippen molar-refractivity contribution in [3.05, 3.63) is 0 Å². The fourth-order valence-corrected chi connectivity index (χ4v) is 2.00. The van der Waals surface area contributed by atoms with Crippen molar-refractivity contribution in [1.29, 1.82) is 0 Å². The van der Waals surface area contributed by atoms with Gasteiger partial charge >= 0.3 is 0 Å². The van der Waals surface area contributed by atoms with Gasteiger partial charge < -0.3 is 15.4 Å². The van der Waals surface area contributed by atoms with Gasteiger partial charge in [0.25, 0.3) is 0 Å². The van der Waals surface area contributed by atoms with E-state index in [0.717, 1.165) is 25.4 Å². The predicted octanol–water partition coefficient (Wildman–Crippen LogP) is 0.919. The van der Waals surface area contributed by atoms with E-state index in [4.69, 9.17) is 4.74 Å². The molecule has 0 unspecified atom stereocenters. The third kappa shape index (κ3) is 6.08. The van der Waals surface area contributed by atoms with E-state index in [9.17, 15) is 4.79 Å². The highest BCUT2D eigenvalue weighted by Gasteiger charge is 2.13. The summed E-state index contributed by atoms with van der Waals surface area (Å²) in [6.07, 6.45) is 4.12. The predicted molar refractivity (Wildman–Crippen MR) is 64.3 cm³/mol. The summed E-state index contributed by atoms with van der Waals surface area (Å²) in [5.41, 5.74) is 0. The van der Waals surface area contributed by atoms with Crippen molar-refractivity contribution in [2.75, 3.05) is 32.8 Å². The Morgan fingerprint density at radius 1 is 1.44 bits per heavy atom. The van der Waals surface area contributed by atoms with Gasteiger partial charge in [0.2, 0.25) is 5.91 Å². The Labute approximate surface area is 98.1 Å². The van der Waals surface area contributed by atoms with Crippen molar-refractivity contribution in [2.24, 2.45) is 5.92 Å². The van der Waals surface area contributed by atoms with Crippen LogP contribution in [0.1, 0.15) is 32.6 Å². The molecular weight excluding hydrogens is 204 g/mol. The summed E-state index contributed by atoms with van der Waals surface area (Å²) in [5.74, 6) is 0.900. The molecule has 4 nitrogen and oxygen atoms in total. The van der Waals surface area contributed by atoms with Crippen LogP contribution in [0, 0.1) is 5.92 Å². The number of hydrogen-bond acceptors (Lipinski definition) is 3. The van der Waals surface area contributed by atoms with Crippen LogP contribution in [-0.2, 0) is 9.53 Å². The zero-order chi connectivity index (χ0) is 11.6. The highest BCUT2D eigenvalue weighted by Crippen LogP contribution is 2.17. The summed E-state index contributed by atoms with van der Waals surface area (Å²) in [7, 11) is 0. The summed E-state index contributed by atoms with van der Waals surface area (Å²) >= 11 is 0.